The van der Waals surface area contributed by atoms with E-state index in [0.29, 0.717) is 22.5 Å². The van der Waals surface area contributed by atoms with Crippen LogP contribution >= 0.6 is 11.8 Å². The predicted octanol–water partition coefficient (Wildman–Crippen LogP) is 3.02. The second kappa shape index (κ2) is 9.25. The van der Waals surface area contributed by atoms with Gasteiger partial charge in [0, 0.05) is 25.5 Å². The number of anilines is 2. The third-order valence-corrected chi connectivity index (χ3v) is 6.30. The number of imide groups is 1. The van der Waals surface area contributed by atoms with E-state index in [1.807, 2.05) is 6.07 Å². The fourth-order valence-electron chi connectivity index (χ4n) is 3.82. The summed E-state index contributed by atoms with van der Waals surface area (Å²) >= 11 is 0.893. The summed E-state index contributed by atoms with van der Waals surface area (Å²) in [6.07, 6.45) is 12.3. The first-order chi connectivity index (χ1) is 14.6. The van der Waals surface area contributed by atoms with E-state index >= 15 is 0 Å². The molecule has 3 N–H and O–H groups in total. The number of amides is 2. The average molecular weight is 425 g/mol. The minimum atomic E-state index is -0.375. The summed E-state index contributed by atoms with van der Waals surface area (Å²) in [5.41, 5.74) is 8.56. The van der Waals surface area contributed by atoms with Gasteiger partial charge in [-0.3, -0.25) is 19.9 Å². The van der Waals surface area contributed by atoms with Gasteiger partial charge in [0.2, 0.25) is 5.95 Å². The van der Waals surface area contributed by atoms with Crippen molar-refractivity contribution < 1.29 is 9.59 Å². The zero-order valence-electron chi connectivity index (χ0n) is 16.6. The minimum absolute atomic E-state index is 0.353. The van der Waals surface area contributed by atoms with Crippen molar-refractivity contribution in [2.75, 3.05) is 23.7 Å². The quantitative estimate of drug-likeness (QED) is 0.680. The van der Waals surface area contributed by atoms with Crippen LogP contribution in [0.4, 0.5) is 16.4 Å². The molecule has 0 bridgehead atoms. The maximum absolute atomic E-state index is 11.7. The van der Waals surface area contributed by atoms with Crippen LogP contribution < -0.4 is 16.0 Å². The Labute approximate surface area is 179 Å². The molecule has 156 valence electrons. The smallest absolute Gasteiger partial charge is 0.290 e. The second-order valence-corrected chi connectivity index (χ2v) is 8.55. The summed E-state index contributed by atoms with van der Waals surface area (Å²) in [5, 5.41) is 1.90. The van der Waals surface area contributed by atoms with Gasteiger partial charge in [-0.2, -0.15) is 0 Å². The van der Waals surface area contributed by atoms with E-state index in [2.05, 4.69) is 25.2 Å². The molecule has 2 aliphatic rings. The first-order valence-electron chi connectivity index (χ1n) is 10.1. The number of hydrogen-bond donors (Lipinski definition) is 2. The molecule has 0 aliphatic carbocycles. The van der Waals surface area contributed by atoms with Crippen molar-refractivity contribution in [3.63, 3.8) is 0 Å². The molecule has 2 fully saturated rings. The molecule has 2 aromatic rings. The highest BCUT2D eigenvalue weighted by atomic mass is 32.2. The Hall–Kier alpha value is -2.94. The second-order valence-electron chi connectivity index (χ2n) is 7.53. The zero-order chi connectivity index (χ0) is 20.9. The monoisotopic (exact) mass is 424 g/mol. The third kappa shape index (κ3) is 4.96. The minimum Gasteiger partial charge on any atom is -0.397 e. The van der Waals surface area contributed by atoms with Gasteiger partial charge >= 0.3 is 0 Å². The molecule has 0 saturated carbocycles. The lowest BCUT2D eigenvalue weighted by Crippen LogP contribution is -2.35. The molecule has 9 heteroatoms. The van der Waals surface area contributed by atoms with Gasteiger partial charge in [0.05, 0.1) is 22.5 Å². The van der Waals surface area contributed by atoms with Gasteiger partial charge in [-0.25, -0.2) is 9.97 Å². The zero-order valence-corrected chi connectivity index (χ0v) is 17.4. The van der Waals surface area contributed by atoms with Gasteiger partial charge in [0.15, 0.2) is 0 Å². The van der Waals surface area contributed by atoms with E-state index in [4.69, 9.17) is 5.73 Å². The van der Waals surface area contributed by atoms with Crippen LogP contribution in [0.15, 0.2) is 35.6 Å². The highest BCUT2D eigenvalue weighted by Gasteiger charge is 2.25. The molecule has 4 rings (SSSR count). The fourth-order valence-corrected chi connectivity index (χ4v) is 4.48. The summed E-state index contributed by atoms with van der Waals surface area (Å²) < 4.78 is 0. The normalized spacial score (nSPS) is 18.8. The van der Waals surface area contributed by atoms with Gasteiger partial charge < -0.3 is 10.6 Å². The summed E-state index contributed by atoms with van der Waals surface area (Å²) in [4.78, 5) is 38.6. The van der Waals surface area contributed by atoms with E-state index in [-0.39, 0.29) is 11.1 Å². The van der Waals surface area contributed by atoms with E-state index in [1.54, 1.807) is 30.7 Å². The van der Waals surface area contributed by atoms with Crippen molar-refractivity contribution in [1.82, 2.24) is 20.3 Å². The summed E-state index contributed by atoms with van der Waals surface area (Å²) in [6.45, 7) is 1.83. The third-order valence-electron chi connectivity index (χ3n) is 5.49. The van der Waals surface area contributed by atoms with E-state index in [9.17, 15) is 9.59 Å². The summed E-state index contributed by atoms with van der Waals surface area (Å²) in [5.74, 6) is 0.987. The van der Waals surface area contributed by atoms with Crippen LogP contribution in [0.25, 0.3) is 6.08 Å². The number of nitrogens with zero attached hydrogens (tertiary/aromatic N) is 4. The Bertz CT molecular complexity index is 971. The molecule has 8 nitrogen and oxygen atoms in total. The van der Waals surface area contributed by atoms with Crippen LogP contribution in [0.3, 0.4) is 0 Å². The number of aromatic nitrogens is 3. The molecule has 0 spiro atoms. The Morgan fingerprint density at radius 1 is 1.23 bits per heavy atom. The summed E-state index contributed by atoms with van der Waals surface area (Å²) in [6, 6.07) is 3.74. The lowest BCUT2D eigenvalue weighted by Gasteiger charge is -2.32. The number of rotatable bonds is 6. The Balaban J connectivity index is 1.29. The maximum Gasteiger partial charge on any atom is 0.290 e. The number of aryl methyl sites for hydroxylation is 1. The highest BCUT2D eigenvalue weighted by molar-refractivity contribution is 8.18. The maximum atomic E-state index is 11.7. The van der Waals surface area contributed by atoms with Crippen LogP contribution in [-0.4, -0.2) is 39.2 Å². The number of thioether (sulfide) groups is 1. The molecule has 2 aliphatic heterocycles. The van der Waals surface area contributed by atoms with E-state index in [1.165, 1.54) is 12.0 Å². The first kappa shape index (κ1) is 20.3. The molecule has 2 saturated heterocycles. The Morgan fingerprint density at radius 2 is 2.07 bits per heavy atom. The average Bonchev–Trinajstić information content (AvgIpc) is 3.07. The molecular weight excluding hydrogens is 400 g/mol. The van der Waals surface area contributed by atoms with Gasteiger partial charge in [0.1, 0.15) is 0 Å². The van der Waals surface area contributed by atoms with Crippen LogP contribution in [0.1, 0.15) is 36.9 Å². The number of carbonyl (C=O) groups excluding carboxylic acids is 2. The first-order valence-corrected chi connectivity index (χ1v) is 10.9. The van der Waals surface area contributed by atoms with Crippen LogP contribution in [0.5, 0.6) is 0 Å². The molecule has 30 heavy (non-hydrogen) atoms. The number of nitrogens with one attached hydrogen (secondary N) is 1. The highest BCUT2D eigenvalue weighted by Crippen LogP contribution is 2.27. The number of carbonyl (C=O) groups is 2. The van der Waals surface area contributed by atoms with E-state index in [0.717, 1.165) is 56.2 Å². The van der Waals surface area contributed by atoms with Crippen molar-refractivity contribution >= 4 is 40.6 Å². The molecule has 0 atom stereocenters. The lowest BCUT2D eigenvalue weighted by atomic mass is 9.91. The standard InChI is InChI=1S/C21H24N6O2S/c22-17-13-23-8-4-15(17)3-1-2-14-6-10-27(11-7-14)20-24-9-5-16(25-20)12-18-19(28)26-21(29)30-18/h4-5,8-9,12-14H,1-3,6-7,10-11,22H2,(H,26,28,29)/b18-12-. The largest absolute Gasteiger partial charge is 0.397 e. The van der Waals surface area contributed by atoms with Gasteiger partial charge in [-0.05, 0) is 73.6 Å². The van der Waals surface area contributed by atoms with E-state index < -0.39 is 0 Å². The topological polar surface area (TPSA) is 114 Å². The van der Waals surface area contributed by atoms with Crippen molar-refractivity contribution in [1.29, 1.82) is 0 Å². The number of piperidine rings is 1. The molecule has 0 aromatic carbocycles. The Kier molecular flexibility index (Phi) is 6.27. The predicted molar refractivity (Wildman–Crippen MR) is 118 cm³/mol. The van der Waals surface area contributed by atoms with Crippen LogP contribution in [-0.2, 0) is 11.2 Å². The van der Waals surface area contributed by atoms with Gasteiger partial charge in [0.25, 0.3) is 11.1 Å². The molecule has 2 aromatic heterocycles. The fraction of sp³-hybridized carbons (Fsp3) is 0.381. The number of hydrogen-bond acceptors (Lipinski definition) is 8. The number of nitrogens with two attached hydrogens (primary N) is 1. The summed E-state index contributed by atoms with van der Waals surface area (Å²) in [7, 11) is 0. The Morgan fingerprint density at radius 3 is 2.80 bits per heavy atom. The van der Waals surface area contributed by atoms with Crippen molar-refractivity contribution in [2.24, 2.45) is 5.92 Å². The van der Waals surface area contributed by atoms with Gasteiger partial charge in [-0.1, -0.05) is 0 Å². The molecule has 0 radical (unpaired) electrons. The SMILES string of the molecule is Nc1cnccc1CCCC1CCN(c2nccc(/C=C3\SC(=O)NC3=O)n2)CC1. The molecular formula is C21H24N6O2S. The molecule has 0 unspecified atom stereocenters. The number of pyridine rings is 1. The van der Waals surface area contributed by atoms with Crippen molar-refractivity contribution in [3.05, 3.63) is 46.9 Å². The number of nitrogen functional groups attached to an aromatic ring is 1. The van der Waals surface area contributed by atoms with Crippen molar-refractivity contribution in [3.8, 4) is 0 Å². The van der Waals surface area contributed by atoms with Crippen molar-refractivity contribution in [2.45, 2.75) is 32.1 Å². The van der Waals surface area contributed by atoms with Gasteiger partial charge in [-0.15, -0.1) is 0 Å². The van der Waals surface area contributed by atoms with Crippen LogP contribution in [0.2, 0.25) is 0 Å². The lowest BCUT2D eigenvalue weighted by molar-refractivity contribution is -0.115. The molecule has 4 heterocycles. The van der Waals surface area contributed by atoms with Crippen LogP contribution in [0, 0.1) is 5.92 Å². The molecule has 2 amide bonds.